The lowest BCUT2D eigenvalue weighted by atomic mass is 10.0. The van der Waals surface area contributed by atoms with Crippen LogP contribution in [0, 0.1) is 5.92 Å². The highest BCUT2D eigenvalue weighted by molar-refractivity contribution is 14.0. The maximum atomic E-state index is 5.49. The van der Waals surface area contributed by atoms with E-state index in [0.29, 0.717) is 18.5 Å². The molecule has 0 radical (unpaired) electrons. The molecule has 1 aromatic heterocycles. The van der Waals surface area contributed by atoms with Crippen LogP contribution in [-0.4, -0.2) is 71.6 Å². The standard InChI is InChI=1S/C18H33N7O.HI/c1-14(2)15(24-8-10-26-11-9-24)12-20-18(19-3)21-13-17-23-22-16-6-4-5-7-25(16)17;/h14-15H,4-13H2,1-3H3,(H2,19,20,21);1H. The number of guanidine groups is 1. The summed E-state index contributed by atoms with van der Waals surface area (Å²) in [5.74, 6) is 3.50. The van der Waals surface area contributed by atoms with Crippen molar-refractivity contribution in [3.05, 3.63) is 11.6 Å². The average molecular weight is 491 g/mol. The second-order valence-corrected chi connectivity index (χ2v) is 7.41. The van der Waals surface area contributed by atoms with Crippen molar-refractivity contribution in [1.29, 1.82) is 0 Å². The number of aliphatic imine (C=N–C) groups is 1. The van der Waals surface area contributed by atoms with Gasteiger partial charge in [0.1, 0.15) is 5.82 Å². The molecule has 1 aromatic rings. The Kier molecular flexibility index (Phi) is 9.24. The second kappa shape index (κ2) is 11.2. The molecule has 0 bridgehead atoms. The fraction of sp³-hybridized carbons (Fsp3) is 0.833. The van der Waals surface area contributed by atoms with Gasteiger partial charge in [-0.15, -0.1) is 34.2 Å². The minimum absolute atomic E-state index is 0. The summed E-state index contributed by atoms with van der Waals surface area (Å²) in [5.41, 5.74) is 0. The number of morpholine rings is 1. The predicted molar refractivity (Wildman–Crippen MR) is 118 cm³/mol. The van der Waals surface area contributed by atoms with E-state index < -0.39 is 0 Å². The molecule has 1 unspecified atom stereocenters. The van der Waals surface area contributed by atoms with Crippen molar-refractivity contribution in [2.24, 2.45) is 10.9 Å². The van der Waals surface area contributed by atoms with Crippen LogP contribution in [0.2, 0.25) is 0 Å². The number of ether oxygens (including phenoxy) is 1. The van der Waals surface area contributed by atoms with Gasteiger partial charge in [-0.1, -0.05) is 13.8 Å². The number of hydrogen-bond donors (Lipinski definition) is 2. The van der Waals surface area contributed by atoms with Crippen molar-refractivity contribution >= 4 is 29.9 Å². The number of aryl methyl sites for hydroxylation is 1. The van der Waals surface area contributed by atoms with Gasteiger partial charge < -0.3 is 19.9 Å². The normalized spacial score (nSPS) is 19.3. The van der Waals surface area contributed by atoms with Crippen LogP contribution in [0.3, 0.4) is 0 Å². The molecule has 27 heavy (non-hydrogen) atoms. The molecular weight excluding hydrogens is 457 g/mol. The van der Waals surface area contributed by atoms with Gasteiger partial charge in [-0.25, -0.2) is 0 Å². The van der Waals surface area contributed by atoms with Gasteiger partial charge in [-0.2, -0.15) is 0 Å². The largest absolute Gasteiger partial charge is 0.379 e. The van der Waals surface area contributed by atoms with Crippen molar-refractivity contribution < 1.29 is 4.74 Å². The molecule has 2 N–H and O–H groups in total. The molecule has 2 aliphatic rings. The number of aromatic nitrogens is 3. The van der Waals surface area contributed by atoms with Crippen LogP contribution in [0.15, 0.2) is 4.99 Å². The molecule has 3 rings (SSSR count). The van der Waals surface area contributed by atoms with Crippen LogP contribution in [-0.2, 0) is 24.2 Å². The molecule has 0 saturated carbocycles. The Bertz CT molecular complexity index is 599. The lowest BCUT2D eigenvalue weighted by Gasteiger charge is -2.37. The average Bonchev–Trinajstić information content (AvgIpc) is 3.08. The number of hydrogen-bond acceptors (Lipinski definition) is 5. The van der Waals surface area contributed by atoms with Crippen LogP contribution < -0.4 is 10.6 Å². The molecule has 1 saturated heterocycles. The summed E-state index contributed by atoms with van der Waals surface area (Å²) in [6.45, 7) is 10.8. The Morgan fingerprint density at radius 1 is 1.15 bits per heavy atom. The summed E-state index contributed by atoms with van der Waals surface area (Å²) in [6, 6.07) is 0.471. The molecule has 9 heteroatoms. The highest BCUT2D eigenvalue weighted by Gasteiger charge is 2.24. The number of halogens is 1. The number of nitrogens with one attached hydrogen (secondary N) is 2. The predicted octanol–water partition coefficient (Wildman–Crippen LogP) is 1.25. The molecule has 1 fully saturated rings. The Labute approximate surface area is 179 Å². The van der Waals surface area contributed by atoms with Gasteiger partial charge in [0, 0.05) is 45.7 Å². The van der Waals surface area contributed by atoms with E-state index >= 15 is 0 Å². The molecule has 0 aliphatic carbocycles. The minimum atomic E-state index is 0. The summed E-state index contributed by atoms with van der Waals surface area (Å²) < 4.78 is 7.73. The van der Waals surface area contributed by atoms with E-state index in [9.17, 15) is 0 Å². The Morgan fingerprint density at radius 2 is 1.93 bits per heavy atom. The van der Waals surface area contributed by atoms with Crippen molar-refractivity contribution in [2.75, 3.05) is 39.9 Å². The van der Waals surface area contributed by atoms with E-state index in [1.54, 1.807) is 0 Å². The lowest BCUT2D eigenvalue weighted by molar-refractivity contribution is 0.00752. The summed E-state index contributed by atoms with van der Waals surface area (Å²) in [5, 5.41) is 15.5. The zero-order valence-corrected chi connectivity index (χ0v) is 19.1. The second-order valence-electron chi connectivity index (χ2n) is 7.41. The zero-order valence-electron chi connectivity index (χ0n) is 16.8. The van der Waals surface area contributed by atoms with Crippen LogP contribution in [0.5, 0.6) is 0 Å². The third-order valence-electron chi connectivity index (χ3n) is 5.34. The molecule has 8 nitrogen and oxygen atoms in total. The smallest absolute Gasteiger partial charge is 0.191 e. The van der Waals surface area contributed by atoms with Gasteiger partial charge in [-0.05, 0) is 18.8 Å². The summed E-state index contributed by atoms with van der Waals surface area (Å²) in [4.78, 5) is 6.89. The highest BCUT2D eigenvalue weighted by Crippen LogP contribution is 2.14. The fourth-order valence-corrected chi connectivity index (χ4v) is 3.78. The van der Waals surface area contributed by atoms with Crippen molar-refractivity contribution in [2.45, 2.75) is 52.2 Å². The van der Waals surface area contributed by atoms with Crippen LogP contribution in [0.4, 0.5) is 0 Å². The molecule has 0 spiro atoms. The molecule has 0 aromatic carbocycles. The van der Waals surface area contributed by atoms with E-state index in [0.717, 1.165) is 63.4 Å². The first-order chi connectivity index (χ1) is 12.7. The Balaban J connectivity index is 0.00000261. The summed E-state index contributed by atoms with van der Waals surface area (Å²) >= 11 is 0. The van der Waals surface area contributed by atoms with Gasteiger partial charge in [-0.3, -0.25) is 9.89 Å². The third kappa shape index (κ3) is 6.02. The Hall–Kier alpha value is -0.940. The lowest BCUT2D eigenvalue weighted by Crippen LogP contribution is -2.52. The molecule has 1 atom stereocenters. The van der Waals surface area contributed by atoms with Gasteiger partial charge >= 0.3 is 0 Å². The first-order valence-electron chi connectivity index (χ1n) is 9.86. The van der Waals surface area contributed by atoms with Crippen molar-refractivity contribution in [3.63, 3.8) is 0 Å². The van der Waals surface area contributed by atoms with Gasteiger partial charge in [0.05, 0.1) is 19.8 Å². The fourth-order valence-electron chi connectivity index (χ4n) is 3.78. The SMILES string of the molecule is CN=C(NCc1nnc2n1CCCC2)NCC(C(C)C)N1CCOCC1.I. The van der Waals surface area contributed by atoms with Crippen molar-refractivity contribution in [1.82, 2.24) is 30.3 Å². The van der Waals surface area contributed by atoms with E-state index in [1.807, 2.05) is 7.05 Å². The van der Waals surface area contributed by atoms with Gasteiger partial charge in [0.25, 0.3) is 0 Å². The van der Waals surface area contributed by atoms with Crippen LogP contribution >= 0.6 is 24.0 Å². The molecular formula is C18H34IN7O. The first kappa shape index (κ1) is 22.4. The summed E-state index contributed by atoms with van der Waals surface area (Å²) in [7, 11) is 1.81. The number of rotatable bonds is 6. The maximum absolute atomic E-state index is 5.49. The van der Waals surface area contributed by atoms with E-state index in [1.165, 1.54) is 12.8 Å². The molecule has 154 valence electrons. The van der Waals surface area contributed by atoms with E-state index in [-0.39, 0.29) is 24.0 Å². The number of nitrogens with zero attached hydrogens (tertiary/aromatic N) is 5. The molecule has 3 heterocycles. The number of fused-ring (bicyclic) bond motifs is 1. The third-order valence-corrected chi connectivity index (χ3v) is 5.34. The van der Waals surface area contributed by atoms with Crippen molar-refractivity contribution in [3.8, 4) is 0 Å². The quantitative estimate of drug-likeness (QED) is 0.355. The monoisotopic (exact) mass is 491 g/mol. The van der Waals surface area contributed by atoms with E-state index in [2.05, 4.69) is 49.1 Å². The summed E-state index contributed by atoms with van der Waals surface area (Å²) in [6.07, 6.45) is 3.46. The zero-order chi connectivity index (χ0) is 18.4. The molecule has 2 aliphatic heterocycles. The van der Waals surface area contributed by atoms with E-state index in [4.69, 9.17) is 4.74 Å². The van der Waals surface area contributed by atoms with Crippen LogP contribution in [0.1, 0.15) is 38.3 Å². The van der Waals surface area contributed by atoms with Gasteiger partial charge in [0.2, 0.25) is 0 Å². The Morgan fingerprint density at radius 3 is 2.63 bits per heavy atom. The minimum Gasteiger partial charge on any atom is -0.379 e. The first-order valence-corrected chi connectivity index (χ1v) is 9.86. The topological polar surface area (TPSA) is 79.6 Å². The van der Waals surface area contributed by atoms with Gasteiger partial charge in [0.15, 0.2) is 11.8 Å². The maximum Gasteiger partial charge on any atom is 0.191 e. The highest BCUT2D eigenvalue weighted by atomic mass is 127. The van der Waals surface area contributed by atoms with Crippen LogP contribution in [0.25, 0.3) is 0 Å². The molecule has 0 amide bonds.